The Morgan fingerprint density at radius 1 is 1.42 bits per heavy atom. The molecule has 1 aromatic rings. The molecule has 1 atom stereocenters. The molecule has 1 fully saturated rings. The Morgan fingerprint density at radius 2 is 2.21 bits per heavy atom. The van der Waals surface area contributed by atoms with Crippen LogP contribution in [0.5, 0.6) is 0 Å². The Morgan fingerprint density at radius 3 is 2.95 bits per heavy atom. The molecule has 0 aliphatic carbocycles. The van der Waals surface area contributed by atoms with Crippen molar-refractivity contribution in [2.24, 2.45) is 0 Å². The zero-order chi connectivity index (χ0) is 13.6. The molecule has 0 spiro atoms. The van der Waals surface area contributed by atoms with Crippen LogP contribution in [-0.2, 0) is 9.53 Å². The first-order chi connectivity index (χ1) is 9.08. The maximum Gasteiger partial charge on any atom is 0.296 e. The summed E-state index contributed by atoms with van der Waals surface area (Å²) in [4.78, 5) is 25.1. The summed E-state index contributed by atoms with van der Waals surface area (Å²) in [6, 6.07) is 3.54. The molecule has 6 heteroatoms. The second-order valence-corrected chi connectivity index (χ2v) is 5.16. The van der Waals surface area contributed by atoms with Gasteiger partial charge in [-0.05, 0) is 19.1 Å². The highest BCUT2D eigenvalue weighted by molar-refractivity contribution is 6.52. The van der Waals surface area contributed by atoms with Gasteiger partial charge >= 0.3 is 0 Å². The van der Waals surface area contributed by atoms with Gasteiger partial charge in [0, 0.05) is 12.6 Å². The SMILES string of the molecule is CC1COCCN1c1cc2c(cc1Cl)C(=O)C(=O)N2. The highest BCUT2D eigenvalue weighted by atomic mass is 35.5. The number of morpholine rings is 1. The number of hydrogen-bond donors (Lipinski definition) is 1. The van der Waals surface area contributed by atoms with E-state index < -0.39 is 11.7 Å². The highest BCUT2D eigenvalue weighted by Gasteiger charge is 2.31. The molecule has 0 radical (unpaired) electrons. The molecular formula is C13H13ClN2O3. The third-order valence-electron chi connectivity index (χ3n) is 3.46. The molecule has 2 aliphatic heterocycles. The number of Topliss-reactive ketones (excluding diaryl/α,β-unsaturated/α-hetero) is 1. The Labute approximate surface area is 115 Å². The van der Waals surface area contributed by atoms with Crippen molar-refractivity contribution in [3.8, 4) is 0 Å². The average Bonchev–Trinajstić information content (AvgIpc) is 2.66. The minimum Gasteiger partial charge on any atom is -0.377 e. The van der Waals surface area contributed by atoms with E-state index in [9.17, 15) is 9.59 Å². The summed E-state index contributed by atoms with van der Waals surface area (Å²) in [7, 11) is 0. The zero-order valence-electron chi connectivity index (χ0n) is 10.4. The van der Waals surface area contributed by atoms with Crippen LogP contribution in [0.2, 0.25) is 5.02 Å². The Balaban J connectivity index is 2.02. The fourth-order valence-electron chi connectivity index (χ4n) is 2.46. The van der Waals surface area contributed by atoms with Crippen molar-refractivity contribution in [3.63, 3.8) is 0 Å². The van der Waals surface area contributed by atoms with Crippen molar-refractivity contribution < 1.29 is 14.3 Å². The molecule has 2 heterocycles. The smallest absolute Gasteiger partial charge is 0.296 e. The van der Waals surface area contributed by atoms with E-state index in [1.807, 2.05) is 6.92 Å². The van der Waals surface area contributed by atoms with Crippen molar-refractivity contribution >= 4 is 34.7 Å². The Bertz CT molecular complexity index is 573. The van der Waals surface area contributed by atoms with E-state index in [0.29, 0.717) is 29.5 Å². The molecule has 2 aliphatic rings. The third-order valence-corrected chi connectivity index (χ3v) is 3.77. The summed E-state index contributed by atoms with van der Waals surface area (Å²) < 4.78 is 5.39. The van der Waals surface area contributed by atoms with Crippen molar-refractivity contribution in [1.29, 1.82) is 0 Å². The van der Waals surface area contributed by atoms with Gasteiger partial charge in [0.05, 0.1) is 35.2 Å². The number of amides is 1. The number of nitrogens with one attached hydrogen (secondary N) is 1. The monoisotopic (exact) mass is 280 g/mol. The van der Waals surface area contributed by atoms with Gasteiger partial charge in [-0.3, -0.25) is 9.59 Å². The topological polar surface area (TPSA) is 58.6 Å². The molecule has 1 amide bonds. The van der Waals surface area contributed by atoms with Gasteiger partial charge < -0.3 is 15.0 Å². The second kappa shape index (κ2) is 4.51. The van der Waals surface area contributed by atoms with Gasteiger partial charge in [0.15, 0.2) is 0 Å². The van der Waals surface area contributed by atoms with Crippen LogP contribution in [0, 0.1) is 0 Å². The van der Waals surface area contributed by atoms with Crippen molar-refractivity contribution in [2.45, 2.75) is 13.0 Å². The van der Waals surface area contributed by atoms with Crippen LogP contribution in [0.3, 0.4) is 0 Å². The molecule has 1 aromatic carbocycles. The number of ketones is 1. The number of fused-ring (bicyclic) bond motifs is 1. The second-order valence-electron chi connectivity index (χ2n) is 4.75. The maximum absolute atomic E-state index is 11.6. The number of rotatable bonds is 1. The van der Waals surface area contributed by atoms with E-state index in [0.717, 1.165) is 12.2 Å². The molecule has 3 rings (SSSR count). The molecule has 0 saturated carbocycles. The molecule has 1 N–H and O–H groups in total. The van der Waals surface area contributed by atoms with Crippen LogP contribution >= 0.6 is 11.6 Å². The van der Waals surface area contributed by atoms with Crippen LogP contribution < -0.4 is 10.2 Å². The highest BCUT2D eigenvalue weighted by Crippen LogP contribution is 2.36. The predicted molar refractivity (Wildman–Crippen MR) is 72.0 cm³/mol. The van der Waals surface area contributed by atoms with E-state index in [1.54, 1.807) is 12.1 Å². The molecule has 1 saturated heterocycles. The van der Waals surface area contributed by atoms with Gasteiger partial charge in [-0.25, -0.2) is 0 Å². The summed E-state index contributed by atoms with van der Waals surface area (Å²) in [5.74, 6) is -1.13. The molecule has 19 heavy (non-hydrogen) atoms. The van der Waals surface area contributed by atoms with Crippen molar-refractivity contribution in [3.05, 3.63) is 22.7 Å². The lowest BCUT2D eigenvalue weighted by atomic mass is 10.1. The minimum atomic E-state index is -0.599. The van der Waals surface area contributed by atoms with Gasteiger partial charge in [-0.2, -0.15) is 0 Å². The van der Waals surface area contributed by atoms with Crippen molar-refractivity contribution in [2.75, 3.05) is 30.0 Å². The summed E-state index contributed by atoms with van der Waals surface area (Å²) >= 11 is 6.25. The lowest BCUT2D eigenvalue weighted by Crippen LogP contribution is -2.43. The fourth-order valence-corrected chi connectivity index (χ4v) is 2.73. The number of benzene rings is 1. The number of halogens is 1. The first-order valence-corrected chi connectivity index (χ1v) is 6.49. The average molecular weight is 281 g/mol. The van der Waals surface area contributed by atoms with E-state index in [-0.39, 0.29) is 6.04 Å². The van der Waals surface area contributed by atoms with Crippen LogP contribution in [0.1, 0.15) is 17.3 Å². The number of carbonyl (C=O) groups excluding carboxylic acids is 2. The van der Waals surface area contributed by atoms with Crippen LogP contribution in [0.15, 0.2) is 12.1 Å². The third kappa shape index (κ3) is 1.99. The normalized spacial score (nSPS) is 22.4. The number of hydrogen-bond acceptors (Lipinski definition) is 4. The molecule has 100 valence electrons. The van der Waals surface area contributed by atoms with Gasteiger partial charge in [0.1, 0.15) is 0 Å². The molecule has 5 nitrogen and oxygen atoms in total. The first kappa shape index (κ1) is 12.4. The van der Waals surface area contributed by atoms with Gasteiger partial charge in [0.2, 0.25) is 0 Å². The molecule has 1 unspecified atom stereocenters. The molecule has 0 aromatic heterocycles. The number of ether oxygens (including phenoxy) is 1. The van der Waals surface area contributed by atoms with Crippen LogP contribution in [0.25, 0.3) is 0 Å². The Hall–Kier alpha value is -1.59. The van der Waals surface area contributed by atoms with E-state index in [2.05, 4.69) is 10.2 Å². The Kier molecular flexibility index (Phi) is 2.95. The largest absolute Gasteiger partial charge is 0.377 e. The summed E-state index contributed by atoms with van der Waals surface area (Å²) in [5.41, 5.74) is 1.71. The molecular weight excluding hydrogens is 268 g/mol. The van der Waals surface area contributed by atoms with Crippen molar-refractivity contribution in [1.82, 2.24) is 0 Å². The van der Waals surface area contributed by atoms with E-state index >= 15 is 0 Å². The van der Waals surface area contributed by atoms with Crippen LogP contribution in [0.4, 0.5) is 11.4 Å². The van der Waals surface area contributed by atoms with E-state index in [4.69, 9.17) is 16.3 Å². The lowest BCUT2D eigenvalue weighted by molar-refractivity contribution is -0.112. The maximum atomic E-state index is 11.6. The first-order valence-electron chi connectivity index (χ1n) is 6.11. The number of anilines is 2. The molecule has 0 bridgehead atoms. The predicted octanol–water partition coefficient (Wildman–Crippen LogP) is 1.70. The van der Waals surface area contributed by atoms with Gasteiger partial charge in [0.25, 0.3) is 11.7 Å². The van der Waals surface area contributed by atoms with Gasteiger partial charge in [-0.15, -0.1) is 0 Å². The summed E-state index contributed by atoms with van der Waals surface area (Å²) in [5, 5.41) is 3.05. The standard InChI is InChI=1S/C13H13ClN2O3/c1-7-6-19-3-2-16(7)11-5-10-8(4-9(11)14)12(17)13(18)15-10/h4-5,7H,2-3,6H2,1H3,(H,15,17,18). The summed E-state index contributed by atoms with van der Waals surface area (Å²) in [6.07, 6.45) is 0. The van der Waals surface area contributed by atoms with Gasteiger partial charge in [-0.1, -0.05) is 11.6 Å². The fraction of sp³-hybridized carbons (Fsp3) is 0.385. The number of nitrogens with zero attached hydrogens (tertiary/aromatic N) is 1. The lowest BCUT2D eigenvalue weighted by Gasteiger charge is -2.36. The number of carbonyl (C=O) groups is 2. The zero-order valence-corrected chi connectivity index (χ0v) is 11.2. The quantitative estimate of drug-likeness (QED) is 0.796. The minimum absolute atomic E-state index is 0.206. The van der Waals surface area contributed by atoms with E-state index in [1.165, 1.54) is 0 Å². The van der Waals surface area contributed by atoms with Crippen LogP contribution in [-0.4, -0.2) is 37.5 Å². The summed E-state index contributed by atoms with van der Waals surface area (Å²) in [6.45, 7) is 4.07.